The lowest BCUT2D eigenvalue weighted by Crippen LogP contribution is -2.29. The molecule has 6 nitrogen and oxygen atoms in total. The predicted molar refractivity (Wildman–Crippen MR) is 145 cm³/mol. The lowest BCUT2D eigenvalue weighted by molar-refractivity contribution is -0.132. The van der Waals surface area contributed by atoms with E-state index in [1.165, 1.54) is 23.1 Å². The fraction of sp³-hybridized carbons (Fsp3) is 0.179. The van der Waals surface area contributed by atoms with Crippen molar-refractivity contribution in [1.82, 2.24) is 4.98 Å². The number of Topliss-reactive ketones (excluding diaryl/α,β-unsaturated/α-hetero) is 1. The highest BCUT2D eigenvalue weighted by atomic mass is 79.9. The summed E-state index contributed by atoms with van der Waals surface area (Å²) in [4.78, 5) is 32.6. The minimum absolute atomic E-state index is 0.0563. The van der Waals surface area contributed by atoms with E-state index in [2.05, 4.69) is 27.8 Å². The topological polar surface area (TPSA) is 79.7 Å². The van der Waals surface area contributed by atoms with Gasteiger partial charge in [-0.1, -0.05) is 64.9 Å². The molecule has 1 aliphatic rings. The summed E-state index contributed by atoms with van der Waals surface area (Å²) in [5.74, 6) is -1.82. The van der Waals surface area contributed by atoms with Crippen LogP contribution in [0.5, 0.6) is 5.75 Å². The van der Waals surface area contributed by atoms with Crippen LogP contribution in [0.1, 0.15) is 36.9 Å². The molecule has 1 aliphatic heterocycles. The molecule has 3 aromatic carbocycles. The van der Waals surface area contributed by atoms with Gasteiger partial charge in [-0.05, 0) is 54.4 Å². The Morgan fingerprint density at radius 3 is 2.73 bits per heavy atom. The Morgan fingerprint density at radius 2 is 1.95 bits per heavy atom. The van der Waals surface area contributed by atoms with E-state index in [-0.39, 0.29) is 16.5 Å². The van der Waals surface area contributed by atoms with Gasteiger partial charge in [0.1, 0.15) is 17.3 Å². The highest BCUT2D eigenvalue weighted by Gasteiger charge is 2.48. The van der Waals surface area contributed by atoms with Crippen LogP contribution in [0.4, 0.5) is 9.52 Å². The number of carbonyl (C=O) groups excluding carboxylic acids is 2. The van der Waals surface area contributed by atoms with Crippen molar-refractivity contribution in [1.29, 1.82) is 0 Å². The van der Waals surface area contributed by atoms with Crippen LogP contribution >= 0.6 is 27.3 Å². The molecule has 0 radical (unpaired) electrons. The molecule has 2 heterocycles. The number of benzene rings is 3. The summed E-state index contributed by atoms with van der Waals surface area (Å²) in [5, 5.41) is 11.6. The zero-order chi connectivity index (χ0) is 26.1. The van der Waals surface area contributed by atoms with Gasteiger partial charge in [0, 0.05) is 10.0 Å². The first-order valence-corrected chi connectivity index (χ1v) is 13.3. The Labute approximate surface area is 225 Å². The van der Waals surface area contributed by atoms with Gasteiger partial charge in [0.05, 0.1) is 28.4 Å². The Balaban J connectivity index is 1.65. The van der Waals surface area contributed by atoms with Gasteiger partial charge in [0.25, 0.3) is 5.78 Å². The number of hydrogen-bond donors (Lipinski definition) is 1. The molecule has 1 fully saturated rings. The van der Waals surface area contributed by atoms with Crippen molar-refractivity contribution in [3.05, 3.63) is 93.7 Å². The molecule has 0 aliphatic carbocycles. The van der Waals surface area contributed by atoms with E-state index < -0.39 is 23.5 Å². The smallest absolute Gasteiger partial charge is 0.301 e. The molecule has 0 saturated carbocycles. The number of unbranched alkanes of at least 4 members (excludes halogenated alkanes) is 1. The van der Waals surface area contributed by atoms with Crippen molar-refractivity contribution in [2.24, 2.45) is 0 Å². The minimum atomic E-state index is -0.937. The van der Waals surface area contributed by atoms with Gasteiger partial charge < -0.3 is 9.84 Å². The van der Waals surface area contributed by atoms with Gasteiger partial charge >= 0.3 is 5.91 Å². The van der Waals surface area contributed by atoms with Crippen molar-refractivity contribution in [3.8, 4) is 5.75 Å². The minimum Gasteiger partial charge on any atom is -0.507 e. The first-order chi connectivity index (χ1) is 17.9. The summed E-state index contributed by atoms with van der Waals surface area (Å²) in [6, 6.07) is 17.2. The van der Waals surface area contributed by atoms with E-state index in [1.54, 1.807) is 42.5 Å². The van der Waals surface area contributed by atoms with Crippen molar-refractivity contribution >= 4 is 60.1 Å². The van der Waals surface area contributed by atoms with E-state index in [4.69, 9.17) is 4.74 Å². The molecular weight excluding hydrogens is 559 g/mol. The number of carbonyl (C=O) groups is 2. The summed E-state index contributed by atoms with van der Waals surface area (Å²) >= 11 is 4.56. The van der Waals surface area contributed by atoms with Gasteiger partial charge in [-0.25, -0.2) is 9.37 Å². The summed E-state index contributed by atoms with van der Waals surface area (Å²) in [7, 11) is 0. The molecule has 4 aromatic rings. The van der Waals surface area contributed by atoms with Crippen molar-refractivity contribution in [2.75, 3.05) is 11.5 Å². The molecule has 0 bridgehead atoms. The normalized spacial score (nSPS) is 17.1. The Bertz CT molecular complexity index is 1550. The number of aliphatic hydroxyl groups excluding tert-OH is 1. The molecule has 5 rings (SSSR count). The van der Waals surface area contributed by atoms with Gasteiger partial charge in [-0.15, -0.1) is 0 Å². The molecule has 1 saturated heterocycles. The van der Waals surface area contributed by atoms with Gasteiger partial charge in [-0.2, -0.15) is 0 Å². The van der Waals surface area contributed by atoms with E-state index in [1.807, 2.05) is 6.07 Å². The maximum Gasteiger partial charge on any atom is 0.301 e. The number of aromatic nitrogens is 1. The quantitative estimate of drug-likeness (QED) is 0.110. The molecule has 1 amide bonds. The summed E-state index contributed by atoms with van der Waals surface area (Å²) < 4.78 is 20.9. The van der Waals surface area contributed by atoms with Crippen LogP contribution in [0.25, 0.3) is 16.0 Å². The maximum atomic E-state index is 13.8. The lowest BCUT2D eigenvalue weighted by Gasteiger charge is -2.23. The van der Waals surface area contributed by atoms with Crippen LogP contribution in [0.3, 0.4) is 0 Å². The average Bonchev–Trinajstić information content (AvgIpc) is 3.41. The monoisotopic (exact) mass is 580 g/mol. The highest BCUT2D eigenvalue weighted by Crippen LogP contribution is 2.44. The van der Waals surface area contributed by atoms with Crippen LogP contribution in [0, 0.1) is 5.82 Å². The molecule has 37 heavy (non-hydrogen) atoms. The Morgan fingerprint density at radius 1 is 1.14 bits per heavy atom. The van der Waals surface area contributed by atoms with Crippen LogP contribution in [0.2, 0.25) is 0 Å². The van der Waals surface area contributed by atoms with Crippen molar-refractivity contribution in [2.45, 2.75) is 25.8 Å². The summed E-state index contributed by atoms with van der Waals surface area (Å²) in [6.45, 7) is 2.59. The fourth-order valence-electron chi connectivity index (χ4n) is 4.23. The third-order valence-corrected chi connectivity index (χ3v) is 7.54. The Hall–Kier alpha value is -3.56. The summed E-state index contributed by atoms with van der Waals surface area (Å²) in [5.41, 5.74) is 1.42. The van der Waals surface area contributed by atoms with Gasteiger partial charge in [-0.3, -0.25) is 14.5 Å². The zero-order valence-electron chi connectivity index (χ0n) is 19.8. The number of aliphatic hydroxyl groups is 1. The molecular formula is C28H22BrFN2O4S. The predicted octanol–water partition coefficient (Wildman–Crippen LogP) is 7.00. The van der Waals surface area contributed by atoms with Crippen molar-refractivity contribution in [3.63, 3.8) is 0 Å². The molecule has 9 heteroatoms. The van der Waals surface area contributed by atoms with E-state index in [0.717, 1.165) is 28.7 Å². The lowest BCUT2D eigenvalue weighted by atomic mass is 9.95. The first-order valence-electron chi connectivity index (χ1n) is 11.7. The number of thiazole rings is 1. The van der Waals surface area contributed by atoms with Crippen LogP contribution in [-0.2, 0) is 9.59 Å². The summed E-state index contributed by atoms with van der Waals surface area (Å²) in [6.07, 6.45) is 1.87. The second-order valence-corrected chi connectivity index (χ2v) is 10.5. The molecule has 1 aromatic heterocycles. The van der Waals surface area contributed by atoms with E-state index >= 15 is 0 Å². The number of ether oxygens (including phenoxy) is 1. The molecule has 188 valence electrons. The van der Waals surface area contributed by atoms with Crippen molar-refractivity contribution < 1.29 is 23.8 Å². The number of ketones is 1. The number of rotatable bonds is 7. The van der Waals surface area contributed by atoms with Gasteiger partial charge in [0.15, 0.2) is 5.13 Å². The number of halogens is 2. The zero-order valence-corrected chi connectivity index (χ0v) is 22.2. The fourth-order valence-corrected chi connectivity index (χ4v) is 5.67. The molecule has 1 unspecified atom stereocenters. The van der Waals surface area contributed by atoms with Crippen LogP contribution in [-0.4, -0.2) is 28.4 Å². The van der Waals surface area contributed by atoms with E-state index in [0.29, 0.717) is 33.7 Å². The largest absolute Gasteiger partial charge is 0.507 e. The first kappa shape index (κ1) is 25.1. The second-order valence-electron chi connectivity index (χ2n) is 8.56. The molecule has 0 spiro atoms. The standard InChI is InChI=1S/C28H22BrFN2O4S/c1-2-3-12-36-20-9-5-7-17(14-20)25(33)23-24(16-6-4-8-18(29)13-16)32(27(35)26(23)34)28-31-21-11-10-19(30)15-22(21)37-28/h4-11,13-15,24,33H,2-3,12H2,1H3/b25-23+. The molecule has 1 N–H and O–H groups in total. The second kappa shape index (κ2) is 10.4. The van der Waals surface area contributed by atoms with Crippen LogP contribution in [0.15, 0.2) is 76.8 Å². The Kier molecular flexibility index (Phi) is 7.08. The maximum absolute atomic E-state index is 13.8. The SMILES string of the molecule is CCCCOc1cccc(/C(O)=C2\C(=O)C(=O)N(c3nc4ccc(F)cc4s3)C2c2cccc(Br)c2)c1. The number of hydrogen-bond acceptors (Lipinski definition) is 6. The number of nitrogens with zero attached hydrogens (tertiary/aromatic N) is 2. The van der Waals surface area contributed by atoms with E-state index in [9.17, 15) is 19.1 Å². The number of fused-ring (bicyclic) bond motifs is 1. The van der Waals surface area contributed by atoms with Gasteiger partial charge in [0.2, 0.25) is 0 Å². The average molecular weight is 581 g/mol. The molecule has 1 atom stereocenters. The van der Waals surface area contributed by atoms with Crippen LogP contribution < -0.4 is 9.64 Å². The third-order valence-electron chi connectivity index (χ3n) is 6.03. The third kappa shape index (κ3) is 4.89. The number of anilines is 1. The number of amides is 1. The highest BCUT2D eigenvalue weighted by molar-refractivity contribution is 9.10.